The van der Waals surface area contributed by atoms with Crippen molar-refractivity contribution < 1.29 is 28.7 Å². The van der Waals surface area contributed by atoms with Crippen molar-refractivity contribution in [2.75, 3.05) is 89.6 Å². The van der Waals surface area contributed by atoms with Gasteiger partial charge in [0, 0.05) is 99.3 Å². The first kappa shape index (κ1) is 42.1. The molecule has 6 aliphatic rings. The van der Waals surface area contributed by atoms with Gasteiger partial charge in [-0.1, -0.05) is 12.1 Å². The molecule has 3 saturated heterocycles. The number of amides is 5. The van der Waals surface area contributed by atoms with Crippen LogP contribution in [0.4, 0.5) is 40.1 Å². The largest absolute Gasteiger partial charge is 0.474 e. The third-order valence-corrected chi connectivity index (χ3v) is 13.8. The number of carbonyl (C=O) groups is 5. The number of nitrogens with zero attached hydrogens (tertiary/aromatic N) is 8. The first-order valence-corrected chi connectivity index (χ1v) is 22.9. The summed E-state index contributed by atoms with van der Waals surface area (Å²) in [4.78, 5) is 88.0. The Balaban J connectivity index is 0.625. The van der Waals surface area contributed by atoms with E-state index in [1.165, 1.54) is 0 Å². The second kappa shape index (κ2) is 17.3. The lowest BCUT2D eigenvalue weighted by molar-refractivity contribution is -0.136. The molecule has 0 saturated carbocycles. The second-order valence-electron chi connectivity index (χ2n) is 17.9. The van der Waals surface area contributed by atoms with Gasteiger partial charge in [0.2, 0.25) is 29.5 Å². The zero-order chi connectivity index (χ0) is 45.8. The molecule has 1 unspecified atom stereocenters. The van der Waals surface area contributed by atoms with Crippen molar-refractivity contribution in [3.05, 3.63) is 113 Å². The van der Waals surface area contributed by atoms with Crippen LogP contribution >= 0.6 is 0 Å². The van der Waals surface area contributed by atoms with E-state index in [1.807, 2.05) is 54.9 Å². The molecule has 3 aromatic carbocycles. The number of piperidine rings is 1. The van der Waals surface area contributed by atoms with E-state index in [1.54, 1.807) is 12.1 Å². The van der Waals surface area contributed by atoms with Gasteiger partial charge in [0.1, 0.15) is 18.3 Å². The van der Waals surface area contributed by atoms with Crippen molar-refractivity contribution in [1.29, 1.82) is 0 Å². The van der Waals surface area contributed by atoms with Gasteiger partial charge in [-0.3, -0.25) is 39.1 Å². The van der Waals surface area contributed by atoms with Crippen LogP contribution in [-0.2, 0) is 33.8 Å². The molecule has 342 valence electrons. The molecule has 18 heteroatoms. The lowest BCUT2D eigenvalue weighted by atomic mass is 10.0. The van der Waals surface area contributed by atoms with Crippen molar-refractivity contribution in [2.24, 2.45) is 0 Å². The van der Waals surface area contributed by atoms with E-state index in [4.69, 9.17) is 9.72 Å². The summed E-state index contributed by atoms with van der Waals surface area (Å²) in [6.45, 7) is 10.2. The summed E-state index contributed by atoms with van der Waals surface area (Å²) in [6.07, 6.45) is 5.09. The predicted molar refractivity (Wildman–Crippen MR) is 251 cm³/mol. The molecule has 11 rings (SSSR count). The quantitative estimate of drug-likeness (QED) is 0.147. The molecule has 5 aromatic rings. The highest BCUT2D eigenvalue weighted by Crippen LogP contribution is 2.37. The fourth-order valence-electron chi connectivity index (χ4n) is 9.98. The standard InChI is InChI=1S/C49H50N12O6/c1-29-41(25-51-46-44(29)50-15-21-67-46)59-16-14-31-24-52-49(55-39(31)28-59)54-33-4-2-30(3-5-33)22-43(63)53-32-6-8-34(9-7-32)57-17-19-58(20-18-57)36-26-60(27-36)35-10-11-37-38(23-35)48(66)61(47(37)65)40-12-13-42(62)56-45(40)64/h2-11,23-25,36,40,50H,12-22,26-28H2,1H3,(H,53,63)(H,52,54,55)(H,56,62,64). The molecule has 0 aliphatic carbocycles. The molecule has 6 aliphatic heterocycles. The van der Waals surface area contributed by atoms with Gasteiger partial charge in [-0.15, -0.1) is 0 Å². The van der Waals surface area contributed by atoms with Gasteiger partial charge in [0.15, 0.2) is 0 Å². The van der Waals surface area contributed by atoms with Gasteiger partial charge in [-0.25, -0.2) is 15.0 Å². The predicted octanol–water partition coefficient (Wildman–Crippen LogP) is 3.88. The van der Waals surface area contributed by atoms with E-state index in [0.717, 1.165) is 120 Å². The van der Waals surface area contributed by atoms with Crippen LogP contribution in [-0.4, -0.2) is 125 Å². The number of anilines is 7. The molecular weight excluding hydrogens is 853 g/mol. The summed E-state index contributed by atoms with van der Waals surface area (Å²) in [5, 5.41) is 12.0. The molecule has 0 bridgehead atoms. The Bertz CT molecular complexity index is 2810. The topological polar surface area (TPSA) is 198 Å². The Morgan fingerprint density at radius 1 is 0.806 bits per heavy atom. The zero-order valence-electron chi connectivity index (χ0n) is 37.1. The van der Waals surface area contributed by atoms with Gasteiger partial charge in [-0.05, 0) is 85.5 Å². The minimum atomic E-state index is -0.980. The molecule has 0 spiro atoms. The van der Waals surface area contributed by atoms with E-state index in [0.29, 0.717) is 36.6 Å². The highest BCUT2D eigenvalue weighted by Gasteiger charge is 2.45. The van der Waals surface area contributed by atoms with E-state index >= 15 is 0 Å². The van der Waals surface area contributed by atoms with Crippen LogP contribution in [0.1, 0.15) is 55.9 Å². The fraction of sp³-hybridized carbons (Fsp3) is 0.347. The summed E-state index contributed by atoms with van der Waals surface area (Å²) in [5.74, 6) is -0.919. The monoisotopic (exact) mass is 902 g/mol. The average Bonchev–Trinajstić information content (AvgIpc) is 3.57. The van der Waals surface area contributed by atoms with E-state index < -0.39 is 29.7 Å². The molecule has 4 N–H and O–H groups in total. The van der Waals surface area contributed by atoms with Crippen LogP contribution in [0.25, 0.3) is 0 Å². The minimum Gasteiger partial charge on any atom is -0.474 e. The maximum absolute atomic E-state index is 13.3. The number of hydrogen-bond acceptors (Lipinski definition) is 15. The number of hydrogen-bond donors (Lipinski definition) is 4. The zero-order valence-corrected chi connectivity index (χ0v) is 37.1. The minimum absolute atomic E-state index is 0.0863. The van der Waals surface area contributed by atoms with Crippen molar-refractivity contribution in [2.45, 2.75) is 51.2 Å². The molecule has 1 atom stereocenters. The lowest BCUT2D eigenvalue weighted by Crippen LogP contribution is -2.63. The molecule has 67 heavy (non-hydrogen) atoms. The number of carbonyl (C=O) groups excluding carboxylic acids is 5. The third-order valence-electron chi connectivity index (χ3n) is 13.8. The van der Waals surface area contributed by atoms with Crippen LogP contribution in [0.3, 0.4) is 0 Å². The summed E-state index contributed by atoms with van der Waals surface area (Å²) in [5.41, 5.74) is 10.3. The molecule has 18 nitrogen and oxygen atoms in total. The normalized spacial score (nSPS) is 19.4. The molecule has 5 amide bonds. The summed E-state index contributed by atoms with van der Waals surface area (Å²) in [7, 11) is 0. The maximum atomic E-state index is 13.3. The summed E-state index contributed by atoms with van der Waals surface area (Å²) >= 11 is 0. The molecule has 0 radical (unpaired) electrons. The molecule has 2 aromatic heterocycles. The average molecular weight is 903 g/mol. The molecule has 3 fully saturated rings. The number of benzene rings is 3. The van der Waals surface area contributed by atoms with Crippen LogP contribution in [0.5, 0.6) is 5.88 Å². The van der Waals surface area contributed by atoms with Crippen LogP contribution in [0, 0.1) is 6.92 Å². The first-order chi connectivity index (χ1) is 32.6. The van der Waals surface area contributed by atoms with Crippen molar-refractivity contribution in [3.63, 3.8) is 0 Å². The Hall–Kier alpha value is -7.60. The number of nitrogens with one attached hydrogen (secondary N) is 4. The van der Waals surface area contributed by atoms with Crippen molar-refractivity contribution >= 4 is 69.6 Å². The van der Waals surface area contributed by atoms with Gasteiger partial charge < -0.3 is 35.4 Å². The smallest absolute Gasteiger partial charge is 0.262 e. The van der Waals surface area contributed by atoms with Crippen LogP contribution < -0.4 is 40.7 Å². The fourth-order valence-corrected chi connectivity index (χ4v) is 9.98. The Labute approximate surface area is 386 Å². The Morgan fingerprint density at radius 3 is 2.36 bits per heavy atom. The first-order valence-electron chi connectivity index (χ1n) is 22.9. The highest BCUT2D eigenvalue weighted by molar-refractivity contribution is 6.23. The molecular formula is C49H50N12O6. The van der Waals surface area contributed by atoms with E-state index in [9.17, 15) is 24.0 Å². The number of imide groups is 2. The highest BCUT2D eigenvalue weighted by atomic mass is 16.5. The maximum Gasteiger partial charge on any atom is 0.262 e. The second-order valence-corrected chi connectivity index (χ2v) is 17.9. The van der Waals surface area contributed by atoms with Crippen LogP contribution in [0.15, 0.2) is 79.1 Å². The number of fused-ring (bicyclic) bond motifs is 3. The molecule has 8 heterocycles. The lowest BCUT2D eigenvalue weighted by Gasteiger charge is -2.49. The number of pyridine rings is 1. The van der Waals surface area contributed by atoms with Gasteiger partial charge >= 0.3 is 0 Å². The van der Waals surface area contributed by atoms with Gasteiger partial charge in [0.25, 0.3) is 11.8 Å². The number of aromatic nitrogens is 3. The number of piperazine rings is 1. The van der Waals surface area contributed by atoms with Gasteiger partial charge in [0.05, 0.1) is 41.7 Å². The van der Waals surface area contributed by atoms with E-state index in [2.05, 4.69) is 69.9 Å². The summed E-state index contributed by atoms with van der Waals surface area (Å²) in [6, 6.07) is 20.4. The Kier molecular flexibility index (Phi) is 10.9. The van der Waals surface area contributed by atoms with Crippen molar-refractivity contribution in [1.82, 2.24) is 30.1 Å². The number of ether oxygens (including phenoxy) is 1. The third kappa shape index (κ3) is 8.21. The Morgan fingerprint density at radius 2 is 1.57 bits per heavy atom. The summed E-state index contributed by atoms with van der Waals surface area (Å²) < 4.78 is 5.73. The SMILES string of the molecule is Cc1c(N2CCc3cnc(Nc4ccc(CC(=O)Nc5ccc(N6CCN(C7CN(c8ccc9c(c8)C(=O)N(C8CCC(=O)NC8=O)C9=O)C7)CC6)cc5)cc4)nc3C2)cnc2c1NCCO2. The van der Waals surface area contributed by atoms with Crippen molar-refractivity contribution in [3.8, 4) is 5.88 Å². The number of rotatable bonds is 10. The van der Waals surface area contributed by atoms with Gasteiger partial charge in [-0.2, -0.15) is 0 Å². The van der Waals surface area contributed by atoms with Crippen LogP contribution in [0.2, 0.25) is 0 Å². The van der Waals surface area contributed by atoms with E-state index in [-0.39, 0.29) is 30.7 Å².